The number of nitrogens with one attached hydrogen (secondary N) is 1. The third-order valence-corrected chi connectivity index (χ3v) is 4.54. The Kier molecular flexibility index (Phi) is 7.44. The lowest BCUT2D eigenvalue weighted by molar-refractivity contribution is -0.122. The van der Waals surface area contributed by atoms with Gasteiger partial charge in [0.05, 0.1) is 6.54 Å². The highest BCUT2D eigenvalue weighted by atomic mass is 16.2. The van der Waals surface area contributed by atoms with Gasteiger partial charge in [0, 0.05) is 6.54 Å². The van der Waals surface area contributed by atoms with Crippen LogP contribution in [0, 0.1) is 5.92 Å². The average molecular weight is 302 g/mol. The van der Waals surface area contributed by atoms with Crippen LogP contribution in [0.2, 0.25) is 0 Å². The number of rotatable bonds is 8. The van der Waals surface area contributed by atoms with Crippen molar-refractivity contribution < 1.29 is 4.79 Å². The quantitative estimate of drug-likeness (QED) is 0.748. The molecule has 0 saturated carbocycles. The Morgan fingerprint density at radius 3 is 2.59 bits per heavy atom. The summed E-state index contributed by atoms with van der Waals surface area (Å²) >= 11 is 0. The number of piperidine rings is 1. The number of carbonyl (C=O) groups is 1. The molecule has 1 heterocycles. The van der Waals surface area contributed by atoms with E-state index in [4.69, 9.17) is 0 Å². The largest absolute Gasteiger partial charge is 0.355 e. The lowest BCUT2D eigenvalue weighted by Gasteiger charge is -2.31. The number of carbonyl (C=O) groups excluding carboxylic acids is 1. The van der Waals surface area contributed by atoms with Gasteiger partial charge in [-0.25, -0.2) is 0 Å². The zero-order valence-corrected chi connectivity index (χ0v) is 13.9. The van der Waals surface area contributed by atoms with Crippen molar-refractivity contribution in [1.29, 1.82) is 0 Å². The lowest BCUT2D eigenvalue weighted by Crippen LogP contribution is -2.42. The molecule has 1 fully saturated rings. The minimum absolute atomic E-state index is 0.192. The summed E-state index contributed by atoms with van der Waals surface area (Å²) in [5.74, 6) is 0.962. The van der Waals surface area contributed by atoms with Crippen LogP contribution in [0.5, 0.6) is 0 Å². The molecule has 1 aromatic rings. The van der Waals surface area contributed by atoms with Gasteiger partial charge in [-0.3, -0.25) is 9.69 Å². The molecular weight excluding hydrogens is 272 g/mol. The van der Waals surface area contributed by atoms with E-state index in [1.165, 1.54) is 37.7 Å². The first-order chi connectivity index (χ1) is 10.8. The van der Waals surface area contributed by atoms with Crippen LogP contribution in [0.15, 0.2) is 30.3 Å². The molecule has 1 saturated heterocycles. The van der Waals surface area contributed by atoms with E-state index in [9.17, 15) is 4.79 Å². The molecule has 0 atom stereocenters. The summed E-state index contributed by atoms with van der Waals surface area (Å²) in [4.78, 5) is 14.2. The number of unbranched alkanes of at least 4 members (excludes halogenated alkanes) is 2. The molecule has 122 valence electrons. The Morgan fingerprint density at radius 2 is 1.91 bits per heavy atom. The molecule has 1 amide bonds. The zero-order chi connectivity index (χ0) is 15.6. The van der Waals surface area contributed by atoms with Crippen LogP contribution in [0.4, 0.5) is 0 Å². The second-order valence-electron chi connectivity index (χ2n) is 6.47. The second kappa shape index (κ2) is 9.62. The number of nitrogens with zero attached hydrogens (tertiary/aromatic N) is 1. The molecule has 2 rings (SSSR count). The molecule has 0 spiro atoms. The third-order valence-electron chi connectivity index (χ3n) is 4.54. The Morgan fingerprint density at radius 1 is 1.18 bits per heavy atom. The highest BCUT2D eigenvalue weighted by molar-refractivity contribution is 5.77. The SMILES string of the molecule is CCCCCNC(=O)CN1CCC(Cc2ccccc2)CC1. The Hall–Kier alpha value is -1.35. The topological polar surface area (TPSA) is 32.3 Å². The summed E-state index contributed by atoms with van der Waals surface area (Å²) in [6, 6.07) is 10.7. The molecule has 0 unspecified atom stereocenters. The van der Waals surface area contributed by atoms with E-state index >= 15 is 0 Å². The van der Waals surface area contributed by atoms with Crippen molar-refractivity contribution in [3.63, 3.8) is 0 Å². The van der Waals surface area contributed by atoms with Gasteiger partial charge in [-0.15, -0.1) is 0 Å². The smallest absolute Gasteiger partial charge is 0.234 e. The number of benzene rings is 1. The van der Waals surface area contributed by atoms with Gasteiger partial charge in [-0.1, -0.05) is 50.1 Å². The molecule has 1 N–H and O–H groups in total. The van der Waals surface area contributed by atoms with Crippen molar-refractivity contribution in [1.82, 2.24) is 10.2 Å². The first kappa shape index (κ1) is 17.0. The van der Waals surface area contributed by atoms with E-state index in [2.05, 4.69) is 47.5 Å². The van der Waals surface area contributed by atoms with E-state index in [1.54, 1.807) is 0 Å². The van der Waals surface area contributed by atoms with Gasteiger partial charge in [0.1, 0.15) is 0 Å². The van der Waals surface area contributed by atoms with Gasteiger partial charge >= 0.3 is 0 Å². The molecule has 1 aromatic carbocycles. The summed E-state index contributed by atoms with van der Waals surface area (Å²) in [7, 11) is 0. The van der Waals surface area contributed by atoms with Crippen LogP contribution in [-0.2, 0) is 11.2 Å². The van der Waals surface area contributed by atoms with Crippen molar-refractivity contribution in [2.45, 2.75) is 45.4 Å². The predicted octanol–water partition coefficient (Wildman–Crippen LogP) is 3.25. The van der Waals surface area contributed by atoms with Gasteiger partial charge in [-0.05, 0) is 50.3 Å². The highest BCUT2D eigenvalue weighted by Crippen LogP contribution is 2.21. The van der Waals surface area contributed by atoms with Crippen LogP contribution in [0.3, 0.4) is 0 Å². The summed E-state index contributed by atoms with van der Waals surface area (Å²) in [6.45, 7) is 5.70. The van der Waals surface area contributed by atoms with E-state index in [0.717, 1.165) is 32.0 Å². The molecule has 0 bridgehead atoms. The Bertz CT molecular complexity index is 424. The molecule has 0 aromatic heterocycles. The first-order valence-corrected chi connectivity index (χ1v) is 8.81. The predicted molar refractivity (Wildman–Crippen MR) is 91.8 cm³/mol. The summed E-state index contributed by atoms with van der Waals surface area (Å²) in [5, 5.41) is 3.04. The number of amides is 1. The fourth-order valence-corrected chi connectivity index (χ4v) is 3.16. The minimum atomic E-state index is 0.192. The van der Waals surface area contributed by atoms with Crippen LogP contribution in [0.25, 0.3) is 0 Å². The monoisotopic (exact) mass is 302 g/mol. The highest BCUT2D eigenvalue weighted by Gasteiger charge is 2.20. The standard InChI is InChI=1S/C19H30N2O/c1-2-3-7-12-20-19(22)16-21-13-10-18(11-14-21)15-17-8-5-4-6-9-17/h4-6,8-9,18H,2-3,7,10-16H2,1H3,(H,20,22). The summed E-state index contributed by atoms with van der Waals surface area (Å²) < 4.78 is 0. The zero-order valence-electron chi connectivity index (χ0n) is 13.9. The number of hydrogen-bond donors (Lipinski definition) is 1. The molecule has 1 aliphatic rings. The maximum absolute atomic E-state index is 11.9. The first-order valence-electron chi connectivity index (χ1n) is 8.81. The molecular formula is C19H30N2O. The van der Waals surface area contributed by atoms with Crippen molar-refractivity contribution in [2.24, 2.45) is 5.92 Å². The van der Waals surface area contributed by atoms with Gasteiger partial charge in [0.2, 0.25) is 5.91 Å². The van der Waals surface area contributed by atoms with E-state index < -0.39 is 0 Å². The summed E-state index contributed by atoms with van der Waals surface area (Å²) in [5.41, 5.74) is 1.44. The molecule has 22 heavy (non-hydrogen) atoms. The molecule has 0 aliphatic carbocycles. The maximum Gasteiger partial charge on any atom is 0.234 e. The van der Waals surface area contributed by atoms with Crippen molar-refractivity contribution >= 4 is 5.91 Å². The second-order valence-corrected chi connectivity index (χ2v) is 6.47. The van der Waals surface area contributed by atoms with Crippen molar-refractivity contribution in [3.05, 3.63) is 35.9 Å². The fraction of sp³-hybridized carbons (Fsp3) is 0.632. The molecule has 1 aliphatic heterocycles. The van der Waals surface area contributed by atoms with E-state index in [0.29, 0.717) is 6.54 Å². The van der Waals surface area contributed by atoms with Gasteiger partial charge in [0.15, 0.2) is 0 Å². The van der Waals surface area contributed by atoms with Crippen molar-refractivity contribution in [3.8, 4) is 0 Å². The fourth-order valence-electron chi connectivity index (χ4n) is 3.16. The van der Waals surface area contributed by atoms with Crippen LogP contribution in [-0.4, -0.2) is 37.0 Å². The number of hydrogen-bond acceptors (Lipinski definition) is 2. The molecule has 3 nitrogen and oxygen atoms in total. The molecule has 0 radical (unpaired) electrons. The van der Waals surface area contributed by atoms with Crippen molar-refractivity contribution in [2.75, 3.05) is 26.2 Å². The average Bonchev–Trinajstić information content (AvgIpc) is 2.54. The molecule has 3 heteroatoms. The maximum atomic E-state index is 11.9. The normalized spacial score (nSPS) is 16.6. The van der Waals surface area contributed by atoms with Crippen LogP contribution in [0.1, 0.15) is 44.6 Å². The van der Waals surface area contributed by atoms with E-state index in [-0.39, 0.29) is 5.91 Å². The van der Waals surface area contributed by atoms with E-state index in [1.807, 2.05) is 0 Å². The summed E-state index contributed by atoms with van der Waals surface area (Å²) in [6.07, 6.45) is 7.09. The number of likely N-dealkylation sites (tertiary alicyclic amines) is 1. The Labute approximate surface area is 135 Å². The Balaban J connectivity index is 1.61. The third kappa shape index (κ3) is 6.18. The van der Waals surface area contributed by atoms with Crippen LogP contribution < -0.4 is 5.32 Å². The lowest BCUT2D eigenvalue weighted by atomic mass is 9.90. The minimum Gasteiger partial charge on any atom is -0.355 e. The van der Waals surface area contributed by atoms with Gasteiger partial charge in [0.25, 0.3) is 0 Å². The van der Waals surface area contributed by atoms with Gasteiger partial charge in [-0.2, -0.15) is 0 Å². The van der Waals surface area contributed by atoms with Crippen LogP contribution >= 0.6 is 0 Å². The van der Waals surface area contributed by atoms with Gasteiger partial charge < -0.3 is 5.32 Å².